The van der Waals surface area contributed by atoms with Gasteiger partial charge in [0.1, 0.15) is 15.9 Å². The molecule has 0 spiro atoms. The van der Waals surface area contributed by atoms with Crippen LogP contribution in [0.1, 0.15) is 24.4 Å². The fourth-order valence-electron chi connectivity index (χ4n) is 3.54. The van der Waals surface area contributed by atoms with Crippen LogP contribution in [0, 0.1) is 0 Å². The largest absolute Gasteiger partial charge is 0.493 e. The molecule has 3 aromatic rings. The van der Waals surface area contributed by atoms with Gasteiger partial charge in [-0.3, -0.25) is 0 Å². The molecule has 0 radical (unpaired) electrons. The molecule has 1 aliphatic rings. The third kappa shape index (κ3) is 3.05. The summed E-state index contributed by atoms with van der Waals surface area (Å²) in [5.41, 5.74) is 1.92. The van der Waals surface area contributed by atoms with E-state index in [1.165, 1.54) is 0 Å². The maximum Gasteiger partial charge on any atom is 0.245 e. The highest BCUT2D eigenvalue weighted by molar-refractivity contribution is 7.89. The lowest BCUT2D eigenvalue weighted by atomic mass is 10.0. The van der Waals surface area contributed by atoms with Crippen molar-refractivity contribution in [1.82, 2.24) is 13.1 Å². The van der Waals surface area contributed by atoms with Crippen molar-refractivity contribution in [3.8, 4) is 11.5 Å². The molecule has 2 aromatic carbocycles. The highest BCUT2D eigenvalue weighted by Gasteiger charge is 2.37. The molecular weight excluding hydrogens is 386 g/mol. The Balaban J connectivity index is 1.76. The molecule has 0 amide bonds. The SMILES string of the molecule is COc1ccc([C@H]2CCCN2S(=O)(=O)c2cccc3nsnc23)cc1OC. The fourth-order valence-corrected chi connectivity index (χ4v) is 5.97. The molecule has 7 nitrogen and oxygen atoms in total. The Labute approximate surface area is 161 Å². The predicted molar refractivity (Wildman–Crippen MR) is 103 cm³/mol. The van der Waals surface area contributed by atoms with Crippen LogP contribution in [-0.4, -0.2) is 42.2 Å². The van der Waals surface area contributed by atoms with E-state index in [0.29, 0.717) is 29.1 Å². The molecule has 1 aromatic heterocycles. The van der Waals surface area contributed by atoms with E-state index in [1.807, 2.05) is 18.2 Å². The van der Waals surface area contributed by atoms with Crippen LogP contribution in [0.4, 0.5) is 0 Å². The topological polar surface area (TPSA) is 81.6 Å². The smallest absolute Gasteiger partial charge is 0.245 e. The van der Waals surface area contributed by atoms with Gasteiger partial charge < -0.3 is 9.47 Å². The molecule has 0 unspecified atom stereocenters. The number of aromatic nitrogens is 2. The Kier molecular flexibility index (Phi) is 4.75. The summed E-state index contributed by atoms with van der Waals surface area (Å²) in [7, 11) is -0.556. The van der Waals surface area contributed by atoms with Gasteiger partial charge in [-0.15, -0.1) is 0 Å². The van der Waals surface area contributed by atoms with E-state index in [0.717, 1.165) is 30.1 Å². The Morgan fingerprint density at radius 2 is 1.93 bits per heavy atom. The van der Waals surface area contributed by atoms with Crippen molar-refractivity contribution in [3.63, 3.8) is 0 Å². The molecule has 1 saturated heterocycles. The van der Waals surface area contributed by atoms with Crippen molar-refractivity contribution in [2.75, 3.05) is 20.8 Å². The molecule has 0 N–H and O–H groups in total. The second-order valence-corrected chi connectivity index (χ2v) is 8.66. The molecule has 27 heavy (non-hydrogen) atoms. The van der Waals surface area contributed by atoms with Crippen molar-refractivity contribution in [2.45, 2.75) is 23.8 Å². The van der Waals surface area contributed by atoms with Gasteiger partial charge in [0.2, 0.25) is 10.0 Å². The van der Waals surface area contributed by atoms with Gasteiger partial charge in [-0.25, -0.2) is 8.42 Å². The van der Waals surface area contributed by atoms with Gasteiger partial charge in [0.15, 0.2) is 11.5 Å². The van der Waals surface area contributed by atoms with Gasteiger partial charge in [0.05, 0.1) is 32.0 Å². The second-order valence-electron chi connectivity index (χ2n) is 6.28. The zero-order valence-electron chi connectivity index (χ0n) is 15.0. The van der Waals surface area contributed by atoms with Gasteiger partial charge >= 0.3 is 0 Å². The van der Waals surface area contributed by atoms with Crippen LogP contribution >= 0.6 is 11.7 Å². The summed E-state index contributed by atoms with van der Waals surface area (Å²) in [6.07, 6.45) is 1.55. The van der Waals surface area contributed by atoms with Gasteiger partial charge in [0.25, 0.3) is 0 Å². The maximum absolute atomic E-state index is 13.4. The quantitative estimate of drug-likeness (QED) is 0.648. The zero-order chi connectivity index (χ0) is 19.0. The molecule has 0 bridgehead atoms. The summed E-state index contributed by atoms with van der Waals surface area (Å²) in [4.78, 5) is 0.209. The number of methoxy groups -OCH3 is 2. The van der Waals surface area contributed by atoms with Crippen molar-refractivity contribution >= 4 is 32.8 Å². The van der Waals surface area contributed by atoms with Gasteiger partial charge in [-0.1, -0.05) is 12.1 Å². The first kappa shape index (κ1) is 18.1. The van der Waals surface area contributed by atoms with Crippen molar-refractivity contribution in [1.29, 1.82) is 0 Å². The third-order valence-corrected chi connectivity index (χ3v) is 7.31. The Bertz CT molecular complexity index is 1080. The number of rotatable bonds is 5. The van der Waals surface area contributed by atoms with E-state index >= 15 is 0 Å². The predicted octanol–water partition coefficient (Wildman–Crippen LogP) is 3.23. The second kappa shape index (κ2) is 7.06. The van der Waals surface area contributed by atoms with Crippen LogP contribution < -0.4 is 9.47 Å². The lowest BCUT2D eigenvalue weighted by molar-refractivity contribution is 0.351. The molecule has 0 aliphatic carbocycles. The molecule has 1 atom stereocenters. The number of hydrogen-bond donors (Lipinski definition) is 0. The number of hydrogen-bond acceptors (Lipinski definition) is 7. The number of ether oxygens (including phenoxy) is 2. The number of nitrogens with zero attached hydrogens (tertiary/aromatic N) is 3. The first-order valence-corrected chi connectivity index (χ1v) is 10.7. The molecular formula is C18H19N3O4S2. The van der Waals surface area contributed by atoms with Crippen LogP contribution in [-0.2, 0) is 10.0 Å². The lowest BCUT2D eigenvalue weighted by Gasteiger charge is -2.25. The van der Waals surface area contributed by atoms with Gasteiger partial charge in [-0.05, 0) is 42.7 Å². The fraction of sp³-hybridized carbons (Fsp3) is 0.333. The van der Waals surface area contributed by atoms with E-state index in [-0.39, 0.29) is 10.9 Å². The van der Waals surface area contributed by atoms with E-state index < -0.39 is 10.0 Å². The number of fused-ring (bicyclic) bond motifs is 1. The summed E-state index contributed by atoms with van der Waals surface area (Å²) in [6.45, 7) is 0.468. The Morgan fingerprint density at radius 1 is 1.11 bits per heavy atom. The average molecular weight is 406 g/mol. The monoisotopic (exact) mass is 405 g/mol. The minimum absolute atomic E-state index is 0.209. The summed E-state index contributed by atoms with van der Waals surface area (Å²) < 4.78 is 47.4. The average Bonchev–Trinajstić information content (AvgIpc) is 3.36. The standard InChI is InChI=1S/C18H19N3O4S2/c1-24-15-9-8-12(11-16(15)25-2)14-6-4-10-21(14)27(22,23)17-7-3-5-13-18(17)20-26-19-13/h3,5,7-9,11,14H,4,6,10H2,1-2H3/t14-/m1/s1. The Hall–Kier alpha value is -2.23. The third-order valence-electron chi connectivity index (χ3n) is 4.83. The summed E-state index contributed by atoms with van der Waals surface area (Å²) in [5, 5.41) is 0. The molecule has 4 rings (SSSR count). The van der Waals surface area contributed by atoms with Crippen molar-refractivity contribution < 1.29 is 17.9 Å². The van der Waals surface area contributed by atoms with E-state index in [9.17, 15) is 8.42 Å². The van der Waals surface area contributed by atoms with Gasteiger partial charge in [-0.2, -0.15) is 13.1 Å². The molecule has 1 fully saturated rings. The minimum atomic E-state index is -3.70. The van der Waals surface area contributed by atoms with Gasteiger partial charge in [0, 0.05) is 6.54 Å². The minimum Gasteiger partial charge on any atom is -0.493 e. The first-order chi connectivity index (χ1) is 13.1. The summed E-state index contributed by atoms with van der Waals surface area (Å²) in [6, 6.07) is 10.4. The molecule has 9 heteroatoms. The molecule has 0 saturated carbocycles. The Morgan fingerprint density at radius 3 is 2.70 bits per heavy atom. The number of sulfonamides is 1. The number of benzene rings is 2. The zero-order valence-corrected chi connectivity index (χ0v) is 16.6. The van der Waals surface area contributed by atoms with E-state index in [1.54, 1.807) is 36.7 Å². The van der Waals surface area contributed by atoms with Crippen LogP contribution in [0.5, 0.6) is 11.5 Å². The molecule has 2 heterocycles. The molecule has 142 valence electrons. The van der Waals surface area contributed by atoms with Crippen LogP contribution in [0.25, 0.3) is 11.0 Å². The van der Waals surface area contributed by atoms with E-state index in [2.05, 4.69) is 8.75 Å². The summed E-state index contributed by atoms with van der Waals surface area (Å²) >= 11 is 1.02. The highest BCUT2D eigenvalue weighted by Crippen LogP contribution is 2.40. The summed E-state index contributed by atoms with van der Waals surface area (Å²) in [5.74, 6) is 1.21. The van der Waals surface area contributed by atoms with Crippen LogP contribution in [0.2, 0.25) is 0 Å². The maximum atomic E-state index is 13.4. The van der Waals surface area contributed by atoms with Crippen LogP contribution in [0.15, 0.2) is 41.3 Å². The first-order valence-electron chi connectivity index (χ1n) is 8.51. The highest BCUT2D eigenvalue weighted by atomic mass is 32.2. The lowest BCUT2D eigenvalue weighted by Crippen LogP contribution is -2.30. The van der Waals surface area contributed by atoms with Crippen molar-refractivity contribution in [2.24, 2.45) is 0 Å². The van der Waals surface area contributed by atoms with Crippen LogP contribution in [0.3, 0.4) is 0 Å². The van der Waals surface area contributed by atoms with E-state index in [4.69, 9.17) is 9.47 Å². The normalized spacial score (nSPS) is 18.1. The van der Waals surface area contributed by atoms with Crippen molar-refractivity contribution in [3.05, 3.63) is 42.0 Å². The molecule has 1 aliphatic heterocycles.